The molecule has 0 saturated carbocycles. The number of aryl methyl sites for hydroxylation is 1. The summed E-state index contributed by atoms with van der Waals surface area (Å²) in [6, 6.07) is 3.79. The Bertz CT molecular complexity index is 673. The summed E-state index contributed by atoms with van der Waals surface area (Å²) in [4.78, 5) is 21.1. The molecule has 2 heterocycles. The molecule has 100 valence electrons. The molecule has 0 aliphatic carbocycles. The average molecular weight is 258 g/mol. The first-order valence-electron chi connectivity index (χ1n) is 6.44. The highest BCUT2D eigenvalue weighted by atomic mass is 16.1. The summed E-state index contributed by atoms with van der Waals surface area (Å²) in [5, 5.41) is 3.12. The molecule has 0 fully saturated rings. The highest BCUT2D eigenvalue weighted by Gasteiger charge is 2.10. The molecule has 0 unspecified atom stereocenters. The fraction of sp³-hybridized carbons (Fsp3) is 0.357. The van der Waals surface area contributed by atoms with Gasteiger partial charge < -0.3 is 5.32 Å². The van der Waals surface area contributed by atoms with E-state index in [1.807, 2.05) is 32.9 Å². The highest BCUT2D eigenvalue weighted by Crippen LogP contribution is 2.09. The predicted molar refractivity (Wildman–Crippen MR) is 78.5 cm³/mol. The number of rotatable bonds is 4. The van der Waals surface area contributed by atoms with Crippen molar-refractivity contribution < 1.29 is 0 Å². The molecule has 0 bridgehead atoms. The van der Waals surface area contributed by atoms with Crippen molar-refractivity contribution in [3.05, 3.63) is 39.8 Å². The minimum Gasteiger partial charge on any atom is -0.370 e. The summed E-state index contributed by atoms with van der Waals surface area (Å²) in [6.07, 6.45) is 3.39. The Balaban J connectivity index is 2.74. The molecule has 0 saturated heterocycles. The summed E-state index contributed by atoms with van der Waals surface area (Å²) < 4.78 is 1.56. The molecule has 0 amide bonds. The number of aromatic nitrogens is 2. The van der Waals surface area contributed by atoms with Gasteiger partial charge in [0.05, 0.1) is 0 Å². The van der Waals surface area contributed by atoms with Crippen LogP contribution in [0.1, 0.15) is 25.0 Å². The molecule has 0 aliphatic heterocycles. The first-order valence-corrected chi connectivity index (χ1v) is 6.44. The second kappa shape index (κ2) is 5.65. The summed E-state index contributed by atoms with van der Waals surface area (Å²) >= 11 is 0. The van der Waals surface area contributed by atoms with Gasteiger partial charge in [0.25, 0.3) is 5.56 Å². The molecule has 2 aromatic heterocycles. The van der Waals surface area contributed by atoms with Crippen molar-refractivity contribution in [2.75, 3.05) is 18.4 Å². The van der Waals surface area contributed by atoms with Crippen LogP contribution in [0, 0.1) is 6.92 Å². The van der Waals surface area contributed by atoms with Crippen molar-refractivity contribution in [3.63, 3.8) is 0 Å². The molecule has 0 aromatic carbocycles. The fourth-order valence-corrected chi connectivity index (χ4v) is 1.86. The van der Waals surface area contributed by atoms with Crippen LogP contribution in [0.15, 0.2) is 28.1 Å². The van der Waals surface area contributed by atoms with E-state index >= 15 is 0 Å². The Morgan fingerprint density at radius 1 is 1.42 bits per heavy atom. The average Bonchev–Trinajstić information content (AvgIpc) is 2.40. The number of hydrogen-bond acceptors (Lipinski definition) is 4. The van der Waals surface area contributed by atoms with Gasteiger partial charge in [-0.05, 0) is 32.4 Å². The van der Waals surface area contributed by atoms with Crippen molar-refractivity contribution in [3.8, 4) is 0 Å². The van der Waals surface area contributed by atoms with Gasteiger partial charge in [0.15, 0.2) is 0 Å². The van der Waals surface area contributed by atoms with Crippen molar-refractivity contribution in [1.29, 1.82) is 0 Å². The van der Waals surface area contributed by atoms with Crippen molar-refractivity contribution in [2.24, 2.45) is 4.99 Å². The lowest BCUT2D eigenvalue weighted by molar-refractivity contribution is 1.01. The Kier molecular flexibility index (Phi) is 3.94. The van der Waals surface area contributed by atoms with Gasteiger partial charge in [-0.25, -0.2) is 4.98 Å². The van der Waals surface area contributed by atoms with E-state index in [0.717, 1.165) is 5.56 Å². The molecular weight excluding hydrogens is 240 g/mol. The van der Waals surface area contributed by atoms with Crippen LogP contribution >= 0.6 is 0 Å². The Labute approximate surface area is 112 Å². The molecule has 5 heteroatoms. The predicted octanol–water partition coefficient (Wildman–Crippen LogP) is 1.87. The highest BCUT2D eigenvalue weighted by molar-refractivity contribution is 5.86. The summed E-state index contributed by atoms with van der Waals surface area (Å²) in [6.45, 7) is 7.20. The normalized spacial score (nSPS) is 11.3. The SMILES string of the molecule is CCN=Cc1c(NCC)nc2ccc(C)cn2c1=O. The molecule has 0 atom stereocenters. The lowest BCUT2D eigenvalue weighted by Gasteiger charge is -2.09. The van der Waals surface area contributed by atoms with Crippen molar-refractivity contribution >= 4 is 17.7 Å². The van der Waals surface area contributed by atoms with Gasteiger partial charge in [-0.1, -0.05) is 6.07 Å². The van der Waals surface area contributed by atoms with Gasteiger partial charge >= 0.3 is 0 Å². The standard InChI is InChI=1S/C14H18N4O/c1-4-15-8-11-13(16-5-2)17-12-7-6-10(3)9-18(12)14(11)19/h6-9,16H,4-5H2,1-3H3. The van der Waals surface area contributed by atoms with Crippen LogP contribution in [0.5, 0.6) is 0 Å². The number of hydrogen-bond donors (Lipinski definition) is 1. The second-order valence-electron chi connectivity index (χ2n) is 4.27. The lowest BCUT2D eigenvalue weighted by Crippen LogP contribution is -2.22. The second-order valence-corrected chi connectivity index (χ2v) is 4.27. The van der Waals surface area contributed by atoms with Gasteiger partial charge in [-0.15, -0.1) is 0 Å². The third kappa shape index (κ3) is 2.65. The lowest BCUT2D eigenvalue weighted by atomic mass is 10.2. The van der Waals surface area contributed by atoms with Crippen molar-refractivity contribution in [2.45, 2.75) is 20.8 Å². The van der Waals surface area contributed by atoms with Gasteiger partial charge in [0, 0.05) is 25.5 Å². The maximum Gasteiger partial charge on any atom is 0.268 e. The molecule has 19 heavy (non-hydrogen) atoms. The zero-order chi connectivity index (χ0) is 13.8. The largest absolute Gasteiger partial charge is 0.370 e. The molecule has 2 aromatic rings. The van der Waals surface area contributed by atoms with Crippen LogP contribution in [0.4, 0.5) is 5.82 Å². The quantitative estimate of drug-likeness (QED) is 0.852. The zero-order valence-electron chi connectivity index (χ0n) is 11.5. The van der Waals surface area contributed by atoms with Gasteiger partial charge in [-0.2, -0.15) is 0 Å². The fourth-order valence-electron chi connectivity index (χ4n) is 1.86. The van der Waals surface area contributed by atoms with E-state index in [1.54, 1.807) is 16.8 Å². The zero-order valence-corrected chi connectivity index (χ0v) is 11.5. The van der Waals surface area contributed by atoms with E-state index in [2.05, 4.69) is 15.3 Å². The van der Waals surface area contributed by atoms with Crippen LogP contribution in [0.2, 0.25) is 0 Å². The Morgan fingerprint density at radius 2 is 2.21 bits per heavy atom. The summed E-state index contributed by atoms with van der Waals surface area (Å²) in [5.74, 6) is 0.591. The monoisotopic (exact) mass is 258 g/mol. The number of pyridine rings is 1. The molecule has 1 N–H and O–H groups in total. The summed E-state index contributed by atoms with van der Waals surface area (Å²) in [7, 11) is 0. The number of nitrogens with zero attached hydrogens (tertiary/aromatic N) is 3. The van der Waals surface area contributed by atoms with E-state index < -0.39 is 0 Å². The number of aliphatic imine (C=N–C) groups is 1. The minimum atomic E-state index is -0.0955. The van der Waals surface area contributed by atoms with E-state index in [0.29, 0.717) is 30.1 Å². The van der Waals surface area contributed by atoms with Crippen LogP contribution in [-0.2, 0) is 0 Å². The van der Waals surface area contributed by atoms with Crippen LogP contribution in [-0.4, -0.2) is 28.7 Å². The maximum absolute atomic E-state index is 12.5. The van der Waals surface area contributed by atoms with Gasteiger partial charge in [0.1, 0.15) is 17.0 Å². The molecule has 5 nitrogen and oxygen atoms in total. The van der Waals surface area contributed by atoms with Crippen LogP contribution < -0.4 is 10.9 Å². The maximum atomic E-state index is 12.5. The van der Waals surface area contributed by atoms with E-state index in [4.69, 9.17) is 0 Å². The third-order valence-electron chi connectivity index (χ3n) is 2.75. The summed E-state index contributed by atoms with van der Waals surface area (Å²) in [5.41, 5.74) is 2.07. The van der Waals surface area contributed by atoms with E-state index in [1.165, 1.54) is 0 Å². The number of fused-ring (bicyclic) bond motifs is 1. The number of nitrogens with one attached hydrogen (secondary N) is 1. The van der Waals surface area contributed by atoms with E-state index in [-0.39, 0.29) is 5.56 Å². The van der Waals surface area contributed by atoms with Gasteiger partial charge in [-0.3, -0.25) is 14.2 Å². The number of anilines is 1. The molecule has 0 radical (unpaired) electrons. The smallest absolute Gasteiger partial charge is 0.268 e. The minimum absolute atomic E-state index is 0.0955. The Hall–Kier alpha value is -2.17. The molecule has 0 spiro atoms. The topological polar surface area (TPSA) is 58.8 Å². The molecule has 0 aliphatic rings. The molecular formula is C14H18N4O. The van der Waals surface area contributed by atoms with Crippen molar-refractivity contribution in [1.82, 2.24) is 9.38 Å². The first-order chi connectivity index (χ1) is 9.17. The van der Waals surface area contributed by atoms with Crippen LogP contribution in [0.3, 0.4) is 0 Å². The molecule has 2 rings (SSSR count). The van der Waals surface area contributed by atoms with Gasteiger partial charge in [0.2, 0.25) is 0 Å². The Morgan fingerprint density at radius 3 is 2.89 bits per heavy atom. The third-order valence-corrected chi connectivity index (χ3v) is 2.75. The first kappa shape index (κ1) is 13.3. The van der Waals surface area contributed by atoms with E-state index in [9.17, 15) is 4.79 Å². The van der Waals surface area contributed by atoms with Crippen LogP contribution in [0.25, 0.3) is 5.65 Å².